The molecule has 88 valence electrons. The van der Waals surface area contributed by atoms with Gasteiger partial charge in [0.15, 0.2) is 0 Å². The van der Waals surface area contributed by atoms with Gasteiger partial charge in [0.05, 0.1) is 0 Å². The Balaban J connectivity index is 0.000000606. The van der Waals surface area contributed by atoms with Crippen molar-refractivity contribution in [1.82, 2.24) is 4.90 Å². The molecule has 1 aromatic carbocycles. The lowest BCUT2D eigenvalue weighted by Crippen LogP contribution is -2.30. The van der Waals surface area contributed by atoms with Gasteiger partial charge in [0.25, 0.3) is 5.91 Å². The van der Waals surface area contributed by atoms with E-state index in [4.69, 9.17) is 0 Å². The Morgan fingerprint density at radius 3 is 2.38 bits per heavy atom. The molecule has 0 bridgehead atoms. The summed E-state index contributed by atoms with van der Waals surface area (Å²) in [6.07, 6.45) is 0. The maximum Gasteiger partial charge on any atom is 0.254 e. The van der Waals surface area contributed by atoms with Gasteiger partial charge < -0.3 is 4.90 Å². The van der Waals surface area contributed by atoms with E-state index in [1.54, 1.807) is 0 Å². The molecule has 2 nitrogen and oxygen atoms in total. The first-order valence-corrected chi connectivity index (χ1v) is 6.00. The van der Waals surface area contributed by atoms with E-state index in [0.717, 1.165) is 12.1 Å². The zero-order valence-electron chi connectivity index (χ0n) is 10.9. The molecule has 0 radical (unpaired) electrons. The molecule has 0 aromatic heterocycles. The van der Waals surface area contributed by atoms with E-state index >= 15 is 0 Å². The van der Waals surface area contributed by atoms with E-state index in [0.29, 0.717) is 0 Å². The summed E-state index contributed by atoms with van der Waals surface area (Å²) < 4.78 is 0. The van der Waals surface area contributed by atoms with Gasteiger partial charge in [-0.3, -0.25) is 4.79 Å². The van der Waals surface area contributed by atoms with Crippen LogP contribution in [0.2, 0.25) is 0 Å². The fraction of sp³-hybridized carbons (Fsp3) is 0.500. The maximum absolute atomic E-state index is 11.9. The molecular weight excluding hydrogens is 198 g/mol. The van der Waals surface area contributed by atoms with Crippen LogP contribution in [0.4, 0.5) is 0 Å². The number of carbonyl (C=O) groups excluding carboxylic acids is 1. The second kappa shape index (κ2) is 5.15. The van der Waals surface area contributed by atoms with Gasteiger partial charge in [-0.2, -0.15) is 0 Å². The molecule has 1 heterocycles. The Kier molecular flexibility index (Phi) is 4.11. The third-order valence-electron chi connectivity index (χ3n) is 2.85. The molecule has 0 saturated carbocycles. The molecule has 0 fully saturated rings. The minimum Gasteiger partial charge on any atom is -0.332 e. The summed E-state index contributed by atoms with van der Waals surface area (Å²) in [6, 6.07) is 6.23. The maximum atomic E-state index is 11.9. The van der Waals surface area contributed by atoms with Gasteiger partial charge in [0, 0.05) is 18.2 Å². The van der Waals surface area contributed by atoms with Crippen LogP contribution in [0.15, 0.2) is 18.2 Å². The zero-order chi connectivity index (χ0) is 12.3. The van der Waals surface area contributed by atoms with Crippen LogP contribution in [0.25, 0.3) is 0 Å². The van der Waals surface area contributed by atoms with E-state index < -0.39 is 0 Å². The molecule has 1 aliphatic heterocycles. The van der Waals surface area contributed by atoms with Crippen molar-refractivity contribution >= 4 is 5.91 Å². The smallest absolute Gasteiger partial charge is 0.254 e. The fourth-order valence-electron chi connectivity index (χ4n) is 1.93. The lowest BCUT2D eigenvalue weighted by atomic mass is 10.1. The van der Waals surface area contributed by atoms with Crippen molar-refractivity contribution in [3.63, 3.8) is 0 Å². The molecule has 0 unspecified atom stereocenters. The molecule has 2 rings (SSSR count). The largest absolute Gasteiger partial charge is 0.332 e. The molecule has 0 N–H and O–H groups in total. The van der Waals surface area contributed by atoms with Crippen molar-refractivity contribution in [3.05, 3.63) is 34.9 Å². The van der Waals surface area contributed by atoms with Crippen LogP contribution < -0.4 is 0 Å². The van der Waals surface area contributed by atoms with E-state index in [1.807, 2.05) is 30.9 Å². The lowest BCUT2D eigenvalue weighted by molar-refractivity contribution is 0.0730. The minimum atomic E-state index is 0.179. The molecule has 1 aromatic rings. The van der Waals surface area contributed by atoms with E-state index in [1.165, 1.54) is 11.1 Å². The van der Waals surface area contributed by atoms with Crippen LogP contribution in [0.1, 0.15) is 49.2 Å². The van der Waals surface area contributed by atoms with Crippen LogP contribution >= 0.6 is 0 Å². The third kappa shape index (κ3) is 2.11. The Hall–Kier alpha value is -1.31. The Labute approximate surface area is 98.3 Å². The van der Waals surface area contributed by atoms with Crippen molar-refractivity contribution in [2.45, 2.75) is 47.2 Å². The Bertz CT molecular complexity index is 382. The molecule has 1 amide bonds. The monoisotopic (exact) mass is 219 g/mol. The summed E-state index contributed by atoms with van der Waals surface area (Å²) in [5.41, 5.74) is 3.31. The first-order chi connectivity index (χ1) is 7.61. The third-order valence-corrected chi connectivity index (χ3v) is 2.85. The average Bonchev–Trinajstić information content (AvgIpc) is 2.61. The summed E-state index contributed by atoms with van der Waals surface area (Å²) in [5.74, 6) is 0.179. The van der Waals surface area contributed by atoms with Gasteiger partial charge in [-0.1, -0.05) is 26.0 Å². The van der Waals surface area contributed by atoms with Gasteiger partial charge >= 0.3 is 0 Å². The number of aryl methyl sites for hydroxylation is 1. The number of hydrogen-bond donors (Lipinski definition) is 0. The van der Waals surface area contributed by atoms with Crippen LogP contribution in [0.3, 0.4) is 0 Å². The highest BCUT2D eigenvalue weighted by Crippen LogP contribution is 2.26. The second-order valence-electron chi connectivity index (χ2n) is 4.13. The molecule has 0 saturated heterocycles. The number of fused-ring (bicyclic) bond motifs is 1. The quantitative estimate of drug-likeness (QED) is 0.709. The van der Waals surface area contributed by atoms with Crippen LogP contribution in [0, 0.1) is 6.92 Å². The van der Waals surface area contributed by atoms with Gasteiger partial charge in [0.2, 0.25) is 0 Å². The zero-order valence-corrected chi connectivity index (χ0v) is 10.9. The molecule has 0 spiro atoms. The molecule has 1 aliphatic rings. The van der Waals surface area contributed by atoms with Crippen molar-refractivity contribution in [3.8, 4) is 0 Å². The topological polar surface area (TPSA) is 20.3 Å². The number of rotatable bonds is 1. The SMILES string of the molecule is CC.Cc1cccc2c1CN(C(C)C)C2=O. The number of benzene rings is 1. The van der Waals surface area contributed by atoms with E-state index in [-0.39, 0.29) is 11.9 Å². The molecule has 0 atom stereocenters. The molecule has 2 heteroatoms. The highest BCUT2D eigenvalue weighted by atomic mass is 16.2. The second-order valence-corrected chi connectivity index (χ2v) is 4.13. The predicted molar refractivity (Wildman–Crippen MR) is 67.5 cm³/mol. The minimum absolute atomic E-state index is 0.179. The first-order valence-electron chi connectivity index (χ1n) is 6.00. The van der Waals surface area contributed by atoms with Crippen LogP contribution in [-0.4, -0.2) is 16.8 Å². The Morgan fingerprint density at radius 2 is 1.88 bits per heavy atom. The average molecular weight is 219 g/mol. The highest BCUT2D eigenvalue weighted by Gasteiger charge is 2.29. The highest BCUT2D eigenvalue weighted by molar-refractivity contribution is 5.98. The van der Waals surface area contributed by atoms with E-state index in [2.05, 4.69) is 26.8 Å². The normalized spacial score (nSPS) is 13.6. The fourth-order valence-corrected chi connectivity index (χ4v) is 1.93. The van der Waals surface area contributed by atoms with Gasteiger partial charge in [-0.15, -0.1) is 0 Å². The van der Waals surface area contributed by atoms with Crippen molar-refractivity contribution in [2.75, 3.05) is 0 Å². The van der Waals surface area contributed by atoms with Gasteiger partial charge in [0.1, 0.15) is 0 Å². The summed E-state index contributed by atoms with van der Waals surface area (Å²) in [6.45, 7) is 11.0. The number of hydrogen-bond acceptors (Lipinski definition) is 1. The van der Waals surface area contributed by atoms with Gasteiger partial charge in [-0.25, -0.2) is 0 Å². The summed E-state index contributed by atoms with van der Waals surface area (Å²) >= 11 is 0. The summed E-state index contributed by atoms with van der Waals surface area (Å²) in [4.78, 5) is 13.8. The lowest BCUT2D eigenvalue weighted by Gasteiger charge is -2.19. The van der Waals surface area contributed by atoms with Crippen molar-refractivity contribution in [2.24, 2.45) is 0 Å². The Morgan fingerprint density at radius 1 is 1.25 bits per heavy atom. The standard InChI is InChI=1S/C12H15NO.C2H6/c1-8(2)13-7-11-9(3)5-4-6-10(11)12(13)14;1-2/h4-6,8H,7H2,1-3H3;1-2H3. The summed E-state index contributed by atoms with van der Waals surface area (Å²) in [7, 11) is 0. The molecule has 16 heavy (non-hydrogen) atoms. The van der Waals surface area contributed by atoms with Crippen LogP contribution in [0.5, 0.6) is 0 Å². The number of nitrogens with zero attached hydrogens (tertiary/aromatic N) is 1. The summed E-state index contributed by atoms with van der Waals surface area (Å²) in [5, 5.41) is 0. The van der Waals surface area contributed by atoms with Crippen molar-refractivity contribution in [1.29, 1.82) is 0 Å². The van der Waals surface area contributed by atoms with Crippen molar-refractivity contribution < 1.29 is 4.79 Å². The molecular formula is C14H21NO. The predicted octanol–water partition coefficient (Wildman–Crippen LogP) is 3.39. The van der Waals surface area contributed by atoms with Crippen LogP contribution in [-0.2, 0) is 6.54 Å². The van der Waals surface area contributed by atoms with E-state index in [9.17, 15) is 4.79 Å². The number of carbonyl (C=O) groups is 1. The van der Waals surface area contributed by atoms with Gasteiger partial charge in [-0.05, 0) is 38.0 Å². The first kappa shape index (κ1) is 12.8. The number of amides is 1. The molecule has 0 aliphatic carbocycles.